The van der Waals surface area contributed by atoms with E-state index < -0.39 is 18.3 Å². The number of carbonyl (C=O) groups excluding carboxylic acids is 1. The predicted molar refractivity (Wildman–Crippen MR) is 119 cm³/mol. The molecule has 5 heteroatoms. The summed E-state index contributed by atoms with van der Waals surface area (Å²) in [4.78, 5) is 11.1. The van der Waals surface area contributed by atoms with Crippen LogP contribution in [0.5, 0.6) is 0 Å². The van der Waals surface area contributed by atoms with Crippen molar-refractivity contribution in [2.24, 2.45) is 23.2 Å². The summed E-state index contributed by atoms with van der Waals surface area (Å²) >= 11 is 0. The van der Waals surface area contributed by atoms with E-state index in [1.54, 1.807) is 0 Å². The van der Waals surface area contributed by atoms with Gasteiger partial charge in [0, 0.05) is 18.8 Å². The van der Waals surface area contributed by atoms with Gasteiger partial charge in [0.05, 0.1) is 25.4 Å². The van der Waals surface area contributed by atoms with Crippen molar-refractivity contribution in [3.8, 4) is 0 Å². The molecule has 2 aliphatic carbocycles. The van der Waals surface area contributed by atoms with Crippen LogP contribution in [0.2, 0.25) is 0 Å². The van der Waals surface area contributed by atoms with Crippen LogP contribution in [-0.2, 0) is 9.53 Å². The molecule has 3 N–H and O–H groups in total. The van der Waals surface area contributed by atoms with Gasteiger partial charge in [-0.3, -0.25) is 4.79 Å². The van der Waals surface area contributed by atoms with E-state index in [2.05, 4.69) is 18.6 Å². The van der Waals surface area contributed by atoms with Gasteiger partial charge < -0.3 is 20.1 Å². The number of hydrogen-bond acceptors (Lipinski definition) is 5. The van der Waals surface area contributed by atoms with Crippen molar-refractivity contribution in [3.05, 3.63) is 24.3 Å². The second kappa shape index (κ2) is 12.0. The van der Waals surface area contributed by atoms with Crippen molar-refractivity contribution < 1.29 is 24.9 Å². The van der Waals surface area contributed by atoms with Crippen LogP contribution in [0.3, 0.4) is 0 Å². The number of esters is 1. The highest BCUT2D eigenvalue weighted by Gasteiger charge is 2.41. The molecule has 0 aromatic rings. The largest absolute Gasteiger partial charge is 0.469 e. The Bertz CT molecular complexity index is 586. The molecule has 0 aromatic carbocycles. The fourth-order valence-electron chi connectivity index (χ4n) is 5.33. The van der Waals surface area contributed by atoms with Gasteiger partial charge in [-0.25, -0.2) is 0 Å². The van der Waals surface area contributed by atoms with Crippen LogP contribution < -0.4 is 0 Å². The Morgan fingerprint density at radius 1 is 1.27 bits per heavy atom. The predicted octanol–water partition coefficient (Wildman–Crippen LogP) is 4.16. The molecule has 0 heterocycles. The van der Waals surface area contributed by atoms with Crippen molar-refractivity contribution >= 4 is 5.97 Å². The van der Waals surface area contributed by atoms with Gasteiger partial charge in [0.25, 0.3) is 0 Å². The Labute approximate surface area is 182 Å². The highest BCUT2D eigenvalue weighted by molar-refractivity contribution is 5.69. The van der Waals surface area contributed by atoms with Crippen LogP contribution >= 0.6 is 0 Å². The molecular weight excluding hydrogens is 380 g/mol. The van der Waals surface area contributed by atoms with Crippen molar-refractivity contribution in [2.75, 3.05) is 7.11 Å². The third-order valence-electron chi connectivity index (χ3n) is 7.28. The summed E-state index contributed by atoms with van der Waals surface area (Å²) in [5, 5.41) is 31.7. The van der Waals surface area contributed by atoms with E-state index in [0.717, 1.165) is 25.7 Å². The maximum atomic E-state index is 11.1. The third-order valence-corrected chi connectivity index (χ3v) is 7.28. The molecule has 0 aromatic heterocycles. The Kier molecular flexibility index (Phi) is 10.1. The van der Waals surface area contributed by atoms with Crippen LogP contribution in [-0.4, -0.2) is 46.7 Å². The van der Waals surface area contributed by atoms with E-state index in [9.17, 15) is 20.1 Å². The van der Waals surface area contributed by atoms with Gasteiger partial charge in [-0.2, -0.15) is 0 Å². The molecule has 0 spiro atoms. The van der Waals surface area contributed by atoms with E-state index in [1.165, 1.54) is 26.4 Å². The Hall–Kier alpha value is -1.17. The minimum absolute atomic E-state index is 0.0514. The number of carbonyl (C=O) groups is 1. The van der Waals surface area contributed by atoms with Crippen LogP contribution in [0.15, 0.2) is 24.3 Å². The molecule has 0 radical (unpaired) electrons. The molecule has 30 heavy (non-hydrogen) atoms. The van der Waals surface area contributed by atoms with E-state index in [-0.39, 0.29) is 23.2 Å². The van der Waals surface area contributed by atoms with E-state index in [4.69, 9.17) is 0 Å². The first-order valence-corrected chi connectivity index (χ1v) is 11.7. The maximum absolute atomic E-state index is 11.1. The average molecular weight is 423 g/mol. The highest BCUT2D eigenvalue weighted by atomic mass is 16.5. The second-order valence-corrected chi connectivity index (χ2v) is 9.67. The Balaban J connectivity index is 1.88. The lowest BCUT2D eigenvalue weighted by atomic mass is 9.80. The summed E-state index contributed by atoms with van der Waals surface area (Å²) in [6.45, 7) is 4.39. The SMILES string of the molecule is CCCC1CCC(C)([C@H](O)/C=C/[C@@H]2[C@@H](C/C=C\CCCC(=O)OC)[C@@H](O)C[C@H]2O)C1. The molecule has 172 valence electrons. The number of aliphatic hydroxyl groups is 3. The van der Waals surface area contributed by atoms with Gasteiger partial charge in [0.2, 0.25) is 0 Å². The molecular formula is C25H42O5. The minimum Gasteiger partial charge on any atom is -0.469 e. The molecule has 2 rings (SSSR count). The summed E-state index contributed by atoms with van der Waals surface area (Å²) < 4.78 is 4.63. The van der Waals surface area contributed by atoms with Gasteiger partial charge in [-0.05, 0) is 55.8 Å². The molecule has 2 unspecified atom stereocenters. The summed E-state index contributed by atoms with van der Waals surface area (Å²) in [5.74, 6) is 0.313. The molecule has 0 amide bonds. The fourth-order valence-corrected chi connectivity index (χ4v) is 5.33. The lowest BCUT2D eigenvalue weighted by molar-refractivity contribution is -0.140. The van der Waals surface area contributed by atoms with Crippen molar-refractivity contribution in [3.63, 3.8) is 0 Å². The smallest absolute Gasteiger partial charge is 0.305 e. The van der Waals surface area contributed by atoms with Gasteiger partial charge >= 0.3 is 5.97 Å². The zero-order chi connectivity index (χ0) is 22.1. The van der Waals surface area contributed by atoms with Crippen LogP contribution in [0.1, 0.15) is 78.1 Å². The van der Waals surface area contributed by atoms with Crippen LogP contribution in [0.4, 0.5) is 0 Å². The zero-order valence-corrected chi connectivity index (χ0v) is 19.0. The number of aliphatic hydroxyl groups excluding tert-OH is 3. The minimum atomic E-state index is -0.578. The molecule has 0 saturated heterocycles. The number of hydrogen-bond donors (Lipinski definition) is 3. The maximum Gasteiger partial charge on any atom is 0.305 e. The van der Waals surface area contributed by atoms with Gasteiger partial charge in [-0.15, -0.1) is 0 Å². The molecule has 0 aliphatic heterocycles. The van der Waals surface area contributed by atoms with E-state index in [1.807, 2.05) is 24.3 Å². The van der Waals surface area contributed by atoms with Gasteiger partial charge in [0.15, 0.2) is 0 Å². The molecule has 5 nitrogen and oxygen atoms in total. The lowest BCUT2D eigenvalue weighted by Crippen LogP contribution is -2.29. The van der Waals surface area contributed by atoms with Crippen molar-refractivity contribution in [2.45, 2.75) is 96.4 Å². The Morgan fingerprint density at radius 3 is 2.73 bits per heavy atom. The van der Waals surface area contributed by atoms with Crippen LogP contribution in [0, 0.1) is 23.2 Å². The van der Waals surface area contributed by atoms with Gasteiger partial charge in [0.1, 0.15) is 0 Å². The van der Waals surface area contributed by atoms with Crippen molar-refractivity contribution in [1.82, 2.24) is 0 Å². The third kappa shape index (κ3) is 6.93. The van der Waals surface area contributed by atoms with E-state index in [0.29, 0.717) is 25.2 Å². The first-order chi connectivity index (χ1) is 14.3. The molecule has 7 atom stereocenters. The van der Waals surface area contributed by atoms with Gasteiger partial charge in [-0.1, -0.05) is 51.0 Å². The summed E-state index contributed by atoms with van der Waals surface area (Å²) in [5.41, 5.74) is -0.0897. The first-order valence-electron chi connectivity index (χ1n) is 11.7. The number of ether oxygens (including phenoxy) is 1. The molecule has 2 aliphatic rings. The standard InChI is InChI=1S/C25H42O5/c1-4-9-18-14-15-25(2,17-18)23(28)13-12-20-19(21(26)16-22(20)27)10-7-5-6-8-11-24(29)30-3/h5,7,12-13,18-23,26-28H,4,6,8-11,14-17H2,1-3H3/b7-5-,13-12+/t18?,19-,20-,21+,22-,23-,25?/m1/s1. The monoisotopic (exact) mass is 422 g/mol. The lowest BCUT2D eigenvalue weighted by Gasteiger charge is -2.29. The van der Waals surface area contributed by atoms with Crippen molar-refractivity contribution in [1.29, 1.82) is 0 Å². The zero-order valence-electron chi connectivity index (χ0n) is 19.0. The number of allylic oxidation sites excluding steroid dienone is 2. The normalized spacial score (nSPS) is 35.5. The fraction of sp³-hybridized carbons (Fsp3) is 0.800. The summed E-state index contributed by atoms with van der Waals surface area (Å²) in [6, 6.07) is 0. The Morgan fingerprint density at radius 2 is 2.03 bits per heavy atom. The number of unbranched alkanes of at least 4 members (excludes halogenated alkanes) is 1. The quantitative estimate of drug-likeness (QED) is 0.264. The highest BCUT2D eigenvalue weighted by Crippen LogP contribution is 2.46. The topological polar surface area (TPSA) is 87.0 Å². The number of rotatable bonds is 11. The average Bonchev–Trinajstić information content (AvgIpc) is 3.22. The number of methoxy groups -OCH3 is 1. The molecule has 2 saturated carbocycles. The van der Waals surface area contributed by atoms with E-state index >= 15 is 0 Å². The van der Waals surface area contributed by atoms with Crippen LogP contribution in [0.25, 0.3) is 0 Å². The molecule has 0 bridgehead atoms. The summed E-state index contributed by atoms with van der Waals surface area (Å²) in [6.07, 6.45) is 14.9. The summed E-state index contributed by atoms with van der Waals surface area (Å²) in [7, 11) is 1.40. The second-order valence-electron chi connectivity index (χ2n) is 9.67. The molecule has 2 fully saturated rings. The first kappa shape index (κ1) is 25.1.